The lowest BCUT2D eigenvalue weighted by molar-refractivity contribution is 0.351. The third-order valence-corrected chi connectivity index (χ3v) is 4.44. The Labute approximate surface area is 121 Å². The molecule has 0 amide bonds. The zero-order chi connectivity index (χ0) is 15.4. The molecule has 1 aromatic rings. The van der Waals surface area contributed by atoms with Gasteiger partial charge in [-0.15, -0.1) is 6.42 Å². The van der Waals surface area contributed by atoms with Crippen molar-refractivity contribution in [3.63, 3.8) is 0 Å². The Balaban J connectivity index is 2.88. The van der Waals surface area contributed by atoms with Crippen molar-refractivity contribution in [2.24, 2.45) is 0 Å². The number of rotatable bonds is 6. The van der Waals surface area contributed by atoms with E-state index in [1.54, 1.807) is 13.0 Å². The molecule has 0 aromatic carbocycles. The summed E-state index contributed by atoms with van der Waals surface area (Å²) >= 11 is 0. The smallest absolute Gasteiger partial charge is 0.277 e. The second-order valence-corrected chi connectivity index (χ2v) is 7.33. The van der Waals surface area contributed by atoms with E-state index in [1.807, 2.05) is 20.8 Å². The van der Waals surface area contributed by atoms with E-state index in [9.17, 15) is 8.42 Å². The molecular weight excluding hydrogens is 276 g/mol. The number of terminal acetylenes is 1. The fourth-order valence-electron chi connectivity index (χ4n) is 1.54. The summed E-state index contributed by atoms with van der Waals surface area (Å²) in [5, 5.41) is 3.17. The summed E-state index contributed by atoms with van der Waals surface area (Å²) in [4.78, 5) is 0. The molecule has 0 bridgehead atoms. The SMILES string of the molecule is C#CCN(CC)S(=O)(=O)c1ccc(CNC(C)(C)C)o1. The molecule has 5 nitrogen and oxygen atoms in total. The summed E-state index contributed by atoms with van der Waals surface area (Å²) in [6, 6.07) is 3.13. The summed E-state index contributed by atoms with van der Waals surface area (Å²) in [5.41, 5.74) is -0.0647. The molecule has 20 heavy (non-hydrogen) atoms. The van der Waals surface area contributed by atoms with Crippen molar-refractivity contribution in [2.75, 3.05) is 13.1 Å². The van der Waals surface area contributed by atoms with Crippen molar-refractivity contribution >= 4 is 10.0 Å². The highest BCUT2D eigenvalue weighted by molar-refractivity contribution is 7.89. The third kappa shape index (κ3) is 4.37. The molecule has 0 saturated carbocycles. The Morgan fingerprint density at radius 1 is 1.40 bits per heavy atom. The lowest BCUT2D eigenvalue weighted by Crippen LogP contribution is -2.34. The normalized spacial score (nSPS) is 12.6. The minimum Gasteiger partial charge on any atom is -0.447 e. The van der Waals surface area contributed by atoms with Crippen LogP contribution in [0.15, 0.2) is 21.6 Å². The van der Waals surface area contributed by atoms with Crippen LogP contribution in [0.1, 0.15) is 33.5 Å². The summed E-state index contributed by atoms with van der Waals surface area (Å²) in [6.07, 6.45) is 5.18. The molecule has 0 aliphatic rings. The van der Waals surface area contributed by atoms with Crippen LogP contribution in [-0.4, -0.2) is 31.4 Å². The first-order valence-electron chi connectivity index (χ1n) is 6.48. The molecule has 0 fully saturated rings. The van der Waals surface area contributed by atoms with Gasteiger partial charge in [-0.1, -0.05) is 12.8 Å². The lowest BCUT2D eigenvalue weighted by atomic mass is 10.1. The molecular formula is C14H22N2O3S. The zero-order valence-electron chi connectivity index (χ0n) is 12.4. The van der Waals surface area contributed by atoms with Crippen molar-refractivity contribution < 1.29 is 12.8 Å². The standard InChI is InChI=1S/C14H22N2O3S/c1-6-10-16(7-2)20(17,18)13-9-8-12(19-13)11-15-14(3,4)5/h1,8-9,15H,7,10-11H2,2-5H3. The summed E-state index contributed by atoms with van der Waals surface area (Å²) in [5.74, 6) is 2.92. The van der Waals surface area contributed by atoms with Gasteiger partial charge in [0, 0.05) is 12.1 Å². The fraction of sp³-hybridized carbons (Fsp3) is 0.571. The predicted octanol–water partition coefficient (Wildman–Crippen LogP) is 1.81. The van der Waals surface area contributed by atoms with Crippen molar-refractivity contribution in [3.05, 3.63) is 17.9 Å². The maximum absolute atomic E-state index is 12.3. The van der Waals surface area contributed by atoms with Gasteiger partial charge < -0.3 is 9.73 Å². The van der Waals surface area contributed by atoms with Gasteiger partial charge in [0.2, 0.25) is 5.09 Å². The van der Waals surface area contributed by atoms with Gasteiger partial charge in [0.1, 0.15) is 5.76 Å². The van der Waals surface area contributed by atoms with Gasteiger partial charge in [-0.25, -0.2) is 8.42 Å². The molecule has 6 heteroatoms. The van der Waals surface area contributed by atoms with Gasteiger partial charge in [0.15, 0.2) is 0 Å². The topological polar surface area (TPSA) is 62.6 Å². The van der Waals surface area contributed by atoms with Crippen LogP contribution in [0.2, 0.25) is 0 Å². The Morgan fingerprint density at radius 3 is 2.55 bits per heavy atom. The van der Waals surface area contributed by atoms with Crippen LogP contribution < -0.4 is 5.32 Å². The highest BCUT2D eigenvalue weighted by Crippen LogP contribution is 2.19. The number of sulfonamides is 1. The van der Waals surface area contributed by atoms with E-state index in [0.29, 0.717) is 18.8 Å². The Morgan fingerprint density at radius 2 is 2.05 bits per heavy atom. The number of furan rings is 1. The Kier molecular flexibility index (Phi) is 5.40. The van der Waals surface area contributed by atoms with Gasteiger partial charge in [-0.3, -0.25) is 0 Å². The van der Waals surface area contributed by atoms with E-state index in [2.05, 4.69) is 11.2 Å². The summed E-state index contributed by atoms with van der Waals surface area (Å²) in [6.45, 7) is 8.64. The molecule has 0 aliphatic heterocycles. The summed E-state index contributed by atoms with van der Waals surface area (Å²) < 4.78 is 31.2. The largest absolute Gasteiger partial charge is 0.447 e. The van der Waals surface area contributed by atoms with Crippen molar-refractivity contribution in [2.45, 2.75) is 44.9 Å². The van der Waals surface area contributed by atoms with Crippen LogP contribution in [-0.2, 0) is 16.6 Å². The first-order valence-corrected chi connectivity index (χ1v) is 7.92. The maximum atomic E-state index is 12.3. The van der Waals surface area contributed by atoms with Crippen molar-refractivity contribution in [3.8, 4) is 12.3 Å². The molecule has 0 spiro atoms. The van der Waals surface area contributed by atoms with Crippen molar-refractivity contribution in [1.29, 1.82) is 0 Å². The first kappa shape index (κ1) is 16.8. The van der Waals surface area contributed by atoms with Crippen LogP contribution in [0, 0.1) is 12.3 Å². The molecule has 0 saturated heterocycles. The molecule has 0 aliphatic carbocycles. The third-order valence-electron chi connectivity index (χ3n) is 2.64. The van der Waals surface area contributed by atoms with Crippen molar-refractivity contribution in [1.82, 2.24) is 9.62 Å². The minimum absolute atomic E-state index is 0.0368. The number of hydrogen-bond donors (Lipinski definition) is 1. The molecule has 1 aromatic heterocycles. The molecule has 0 unspecified atom stereocenters. The first-order chi connectivity index (χ1) is 9.20. The second-order valence-electron chi connectivity index (χ2n) is 5.46. The van der Waals surface area contributed by atoms with Gasteiger partial charge in [0.05, 0.1) is 13.1 Å². The second kappa shape index (κ2) is 6.44. The number of nitrogens with zero attached hydrogens (tertiary/aromatic N) is 1. The predicted molar refractivity (Wildman–Crippen MR) is 78.6 cm³/mol. The highest BCUT2D eigenvalue weighted by atomic mass is 32.2. The van der Waals surface area contributed by atoms with Gasteiger partial charge >= 0.3 is 0 Å². The maximum Gasteiger partial charge on any atom is 0.277 e. The lowest BCUT2D eigenvalue weighted by Gasteiger charge is -2.19. The minimum atomic E-state index is -3.65. The zero-order valence-corrected chi connectivity index (χ0v) is 13.3. The van der Waals surface area contributed by atoms with Gasteiger partial charge in [-0.2, -0.15) is 4.31 Å². The molecule has 112 valence electrons. The van der Waals surface area contributed by atoms with E-state index >= 15 is 0 Å². The van der Waals surface area contributed by atoms with Crippen LogP contribution in [0.3, 0.4) is 0 Å². The Hall–Kier alpha value is -1.29. The molecule has 1 rings (SSSR count). The van der Waals surface area contributed by atoms with Gasteiger partial charge in [0.25, 0.3) is 10.0 Å². The monoisotopic (exact) mass is 298 g/mol. The highest BCUT2D eigenvalue weighted by Gasteiger charge is 2.26. The van der Waals surface area contributed by atoms with E-state index in [4.69, 9.17) is 10.8 Å². The quantitative estimate of drug-likeness (QED) is 0.814. The van der Waals surface area contributed by atoms with Crippen LogP contribution in [0.25, 0.3) is 0 Å². The van der Waals surface area contributed by atoms with E-state index in [-0.39, 0.29) is 17.2 Å². The number of hydrogen-bond acceptors (Lipinski definition) is 4. The molecule has 0 radical (unpaired) electrons. The van der Waals surface area contributed by atoms with Crippen LogP contribution in [0.4, 0.5) is 0 Å². The summed E-state index contributed by atoms with van der Waals surface area (Å²) in [7, 11) is -3.65. The average molecular weight is 298 g/mol. The molecule has 1 N–H and O–H groups in total. The van der Waals surface area contributed by atoms with Gasteiger partial charge in [-0.05, 0) is 32.9 Å². The van der Waals surface area contributed by atoms with E-state index < -0.39 is 10.0 Å². The van der Waals surface area contributed by atoms with Crippen LogP contribution >= 0.6 is 0 Å². The van der Waals surface area contributed by atoms with E-state index in [1.165, 1.54) is 10.4 Å². The fourth-order valence-corrected chi connectivity index (χ4v) is 2.83. The average Bonchev–Trinajstić information content (AvgIpc) is 2.81. The van der Waals surface area contributed by atoms with E-state index in [0.717, 1.165) is 0 Å². The number of nitrogens with one attached hydrogen (secondary N) is 1. The van der Waals surface area contributed by atoms with Crippen LogP contribution in [0.5, 0.6) is 0 Å². The Bertz CT molecular complexity index is 576. The molecule has 1 heterocycles. The molecule has 0 atom stereocenters.